The predicted octanol–water partition coefficient (Wildman–Crippen LogP) is 3.57. The number of rotatable bonds is 1. The van der Waals surface area contributed by atoms with E-state index in [2.05, 4.69) is 24.8 Å². The normalized spacial score (nSPS) is 27.2. The Hall–Kier alpha value is -1.83. The third kappa shape index (κ3) is 1.78. The van der Waals surface area contributed by atoms with Crippen molar-refractivity contribution in [3.05, 3.63) is 59.9 Å². The Labute approximate surface area is 107 Å². The van der Waals surface area contributed by atoms with Crippen molar-refractivity contribution in [3.8, 4) is 0 Å². The number of hydrogen-bond acceptors (Lipinski definition) is 2. The molecule has 2 nitrogen and oxygen atoms in total. The van der Waals surface area contributed by atoms with Gasteiger partial charge in [-0.25, -0.2) is 4.79 Å². The molecule has 1 aliphatic heterocycles. The number of benzene rings is 1. The first-order valence-corrected chi connectivity index (χ1v) is 6.43. The molecule has 2 unspecified atom stereocenters. The smallest absolute Gasteiger partial charge is 0.339 e. The maximum absolute atomic E-state index is 11.9. The molecule has 0 saturated carbocycles. The first-order chi connectivity index (χ1) is 8.77. The van der Waals surface area contributed by atoms with E-state index in [0.29, 0.717) is 5.57 Å². The Morgan fingerprint density at radius 1 is 1.22 bits per heavy atom. The van der Waals surface area contributed by atoms with E-state index in [1.54, 1.807) is 0 Å². The average Bonchev–Trinajstić information content (AvgIpc) is 2.41. The van der Waals surface area contributed by atoms with Crippen molar-refractivity contribution in [1.29, 1.82) is 0 Å². The molecule has 0 bridgehead atoms. The van der Waals surface area contributed by atoms with E-state index < -0.39 is 0 Å². The van der Waals surface area contributed by atoms with E-state index in [9.17, 15) is 4.79 Å². The Kier molecular flexibility index (Phi) is 2.78. The first kappa shape index (κ1) is 11.3. The molecule has 2 heteroatoms. The van der Waals surface area contributed by atoms with Gasteiger partial charge in [0.25, 0.3) is 0 Å². The van der Waals surface area contributed by atoms with E-state index in [-0.39, 0.29) is 17.8 Å². The van der Waals surface area contributed by atoms with Crippen molar-refractivity contribution in [2.75, 3.05) is 0 Å². The van der Waals surface area contributed by atoms with Crippen LogP contribution in [0.4, 0.5) is 0 Å². The second kappa shape index (κ2) is 4.45. The van der Waals surface area contributed by atoms with Gasteiger partial charge in [0.05, 0.1) is 0 Å². The number of carbonyl (C=O) groups is 1. The zero-order valence-electron chi connectivity index (χ0n) is 10.3. The van der Waals surface area contributed by atoms with Crippen molar-refractivity contribution in [3.63, 3.8) is 0 Å². The topological polar surface area (TPSA) is 26.3 Å². The molecule has 1 aliphatic carbocycles. The summed E-state index contributed by atoms with van der Waals surface area (Å²) in [5, 5.41) is 0. The highest BCUT2D eigenvalue weighted by Crippen LogP contribution is 2.45. The van der Waals surface area contributed by atoms with E-state index in [1.165, 1.54) is 0 Å². The van der Waals surface area contributed by atoms with Crippen molar-refractivity contribution in [2.45, 2.75) is 25.2 Å². The van der Waals surface area contributed by atoms with Crippen LogP contribution in [0.1, 0.15) is 30.7 Å². The van der Waals surface area contributed by atoms with Crippen LogP contribution in [0, 0.1) is 5.92 Å². The van der Waals surface area contributed by atoms with Crippen molar-refractivity contribution in [1.82, 2.24) is 0 Å². The van der Waals surface area contributed by atoms with Gasteiger partial charge in [0.2, 0.25) is 0 Å². The summed E-state index contributed by atoms with van der Waals surface area (Å²) in [6.07, 6.45) is 5.29. The lowest BCUT2D eigenvalue weighted by atomic mass is 9.74. The van der Waals surface area contributed by atoms with Gasteiger partial charge in [0.1, 0.15) is 5.76 Å². The molecule has 3 rings (SSSR count). The summed E-state index contributed by atoms with van der Waals surface area (Å²) in [5.74, 6) is 0.950. The molecule has 0 N–H and O–H groups in total. The summed E-state index contributed by atoms with van der Waals surface area (Å²) in [4.78, 5) is 11.9. The Morgan fingerprint density at radius 2 is 2.00 bits per heavy atom. The van der Waals surface area contributed by atoms with Crippen LogP contribution in [0.15, 0.2) is 54.3 Å². The Morgan fingerprint density at radius 3 is 2.78 bits per heavy atom. The van der Waals surface area contributed by atoms with Crippen LogP contribution in [0.5, 0.6) is 0 Å². The summed E-state index contributed by atoms with van der Waals surface area (Å²) in [6, 6.07) is 10.1. The zero-order chi connectivity index (χ0) is 12.5. The Bertz CT molecular complexity index is 513. The van der Waals surface area contributed by atoms with E-state index in [0.717, 1.165) is 30.6 Å². The van der Waals surface area contributed by atoms with Gasteiger partial charge in [-0.15, -0.1) is 0 Å². The van der Waals surface area contributed by atoms with Gasteiger partial charge in [-0.1, -0.05) is 36.9 Å². The van der Waals surface area contributed by atoms with E-state index in [1.807, 2.05) is 18.2 Å². The molecule has 2 atom stereocenters. The fourth-order valence-electron chi connectivity index (χ4n) is 2.96. The zero-order valence-corrected chi connectivity index (χ0v) is 10.3. The largest absolute Gasteiger partial charge is 0.428 e. The van der Waals surface area contributed by atoms with Gasteiger partial charge < -0.3 is 4.74 Å². The minimum Gasteiger partial charge on any atom is -0.428 e. The number of hydrogen-bond donors (Lipinski definition) is 0. The lowest BCUT2D eigenvalue weighted by Crippen LogP contribution is -2.31. The van der Waals surface area contributed by atoms with Gasteiger partial charge in [-0.05, 0) is 30.9 Å². The van der Waals surface area contributed by atoms with Gasteiger partial charge in [-0.2, -0.15) is 0 Å². The maximum Gasteiger partial charge on any atom is 0.339 e. The van der Waals surface area contributed by atoms with Crippen LogP contribution in [-0.2, 0) is 9.53 Å². The van der Waals surface area contributed by atoms with Crippen LogP contribution in [0.25, 0.3) is 0 Å². The van der Waals surface area contributed by atoms with Gasteiger partial charge >= 0.3 is 5.97 Å². The molecule has 1 fully saturated rings. The number of fused-ring (bicyclic) bond motifs is 1. The highest BCUT2D eigenvalue weighted by atomic mass is 16.5. The second-order valence-corrected chi connectivity index (χ2v) is 4.95. The molecule has 1 heterocycles. The highest BCUT2D eigenvalue weighted by Gasteiger charge is 2.39. The molecule has 0 spiro atoms. The monoisotopic (exact) mass is 240 g/mol. The first-order valence-electron chi connectivity index (χ1n) is 6.43. The van der Waals surface area contributed by atoms with Crippen LogP contribution in [0.3, 0.4) is 0 Å². The lowest BCUT2D eigenvalue weighted by molar-refractivity contribution is -0.138. The van der Waals surface area contributed by atoms with Crippen molar-refractivity contribution < 1.29 is 9.53 Å². The summed E-state index contributed by atoms with van der Waals surface area (Å²) in [7, 11) is 0. The quantitative estimate of drug-likeness (QED) is 0.554. The third-order valence-electron chi connectivity index (χ3n) is 3.84. The van der Waals surface area contributed by atoms with Crippen LogP contribution in [0.2, 0.25) is 0 Å². The van der Waals surface area contributed by atoms with Gasteiger partial charge in [-0.3, -0.25) is 0 Å². The molecule has 1 aromatic carbocycles. The molecule has 92 valence electrons. The minimum atomic E-state index is -0.270. The molecule has 2 aliphatic rings. The van der Waals surface area contributed by atoms with Crippen LogP contribution < -0.4 is 0 Å². The van der Waals surface area contributed by atoms with Gasteiger partial charge in [0, 0.05) is 17.4 Å². The van der Waals surface area contributed by atoms with Crippen LogP contribution in [-0.4, -0.2) is 5.97 Å². The Balaban J connectivity index is 2.04. The average molecular weight is 240 g/mol. The van der Waals surface area contributed by atoms with Crippen molar-refractivity contribution in [2.24, 2.45) is 5.92 Å². The molecule has 0 radical (unpaired) electrons. The molecular formula is C16H16O2. The van der Waals surface area contributed by atoms with E-state index >= 15 is 0 Å². The summed E-state index contributed by atoms with van der Waals surface area (Å²) in [5.41, 5.74) is 1.75. The van der Waals surface area contributed by atoms with Crippen molar-refractivity contribution >= 4 is 5.97 Å². The third-order valence-corrected chi connectivity index (χ3v) is 3.84. The van der Waals surface area contributed by atoms with E-state index in [4.69, 9.17) is 4.74 Å². The highest BCUT2D eigenvalue weighted by molar-refractivity contribution is 5.91. The fourth-order valence-corrected chi connectivity index (χ4v) is 2.96. The second-order valence-electron chi connectivity index (χ2n) is 4.95. The van der Waals surface area contributed by atoms with Crippen LogP contribution >= 0.6 is 0 Å². The SMILES string of the molecule is C=C1C(=O)OC2=CCCCC2C1c1ccccc1. The molecule has 0 amide bonds. The molecule has 1 saturated heterocycles. The van der Waals surface area contributed by atoms with Gasteiger partial charge in [0.15, 0.2) is 0 Å². The number of carbonyl (C=O) groups excluding carboxylic acids is 1. The lowest BCUT2D eigenvalue weighted by Gasteiger charge is -2.36. The molecule has 18 heavy (non-hydrogen) atoms. The number of esters is 1. The molecule has 1 aromatic rings. The molecular weight excluding hydrogens is 224 g/mol. The summed E-state index contributed by atoms with van der Waals surface area (Å²) < 4.78 is 5.38. The predicted molar refractivity (Wildman–Crippen MR) is 69.8 cm³/mol. The summed E-state index contributed by atoms with van der Waals surface area (Å²) >= 11 is 0. The minimum absolute atomic E-state index is 0.0824. The number of ether oxygens (including phenoxy) is 1. The standard InChI is InChI=1S/C16H16O2/c1-11-15(12-7-3-2-4-8-12)13-9-5-6-10-14(13)18-16(11)17/h2-4,7-8,10,13,15H,1,5-6,9H2. The molecule has 0 aromatic heterocycles. The maximum atomic E-state index is 11.9. The fraction of sp³-hybridized carbons (Fsp3) is 0.312. The number of allylic oxidation sites excluding steroid dienone is 2. The summed E-state index contributed by atoms with van der Waals surface area (Å²) in [6.45, 7) is 3.94.